The van der Waals surface area contributed by atoms with Gasteiger partial charge < -0.3 is 9.84 Å². The Morgan fingerprint density at radius 2 is 2.18 bits per heavy atom. The van der Waals surface area contributed by atoms with Gasteiger partial charge in [0.1, 0.15) is 4.60 Å². The van der Waals surface area contributed by atoms with E-state index in [9.17, 15) is 4.79 Å². The number of aromatic nitrogens is 2. The van der Waals surface area contributed by atoms with Crippen LogP contribution in [0.5, 0.6) is 0 Å². The average molecular weight is 296 g/mol. The molecular formula is C11H10BrN3O2. The van der Waals surface area contributed by atoms with Crippen molar-refractivity contribution in [1.29, 1.82) is 0 Å². The second kappa shape index (κ2) is 4.67. The highest BCUT2D eigenvalue weighted by atomic mass is 79.9. The normalized spacial score (nSPS) is 10.3. The van der Waals surface area contributed by atoms with Crippen LogP contribution in [0.3, 0.4) is 0 Å². The number of pyridine rings is 1. The summed E-state index contributed by atoms with van der Waals surface area (Å²) in [4.78, 5) is 15.8. The molecule has 2 aromatic rings. The van der Waals surface area contributed by atoms with E-state index in [1.54, 1.807) is 19.2 Å². The van der Waals surface area contributed by atoms with Gasteiger partial charge in [-0.1, -0.05) is 5.16 Å². The van der Waals surface area contributed by atoms with Gasteiger partial charge >= 0.3 is 0 Å². The van der Waals surface area contributed by atoms with Crippen LogP contribution >= 0.6 is 15.9 Å². The first kappa shape index (κ1) is 11.8. The van der Waals surface area contributed by atoms with E-state index >= 15 is 0 Å². The number of amides is 1. The zero-order valence-electron chi connectivity index (χ0n) is 9.32. The molecule has 0 saturated heterocycles. The molecule has 88 valence electrons. The number of halogens is 1. The molecule has 0 atom stereocenters. The third kappa shape index (κ3) is 2.71. The molecule has 0 aliphatic carbocycles. The number of hydrogen-bond acceptors (Lipinski definition) is 4. The molecule has 2 rings (SSSR count). The number of nitrogens with zero attached hydrogens (tertiary/aromatic N) is 2. The van der Waals surface area contributed by atoms with Gasteiger partial charge in [0.2, 0.25) is 5.76 Å². The van der Waals surface area contributed by atoms with Gasteiger partial charge in [0.25, 0.3) is 5.91 Å². The molecule has 2 aromatic heterocycles. The Kier molecular flexibility index (Phi) is 3.23. The maximum absolute atomic E-state index is 11.7. The number of anilines is 1. The topological polar surface area (TPSA) is 68.0 Å². The third-order valence-electron chi connectivity index (χ3n) is 2.12. The lowest BCUT2D eigenvalue weighted by molar-refractivity contribution is 0.0988. The highest BCUT2D eigenvalue weighted by Gasteiger charge is 2.12. The molecule has 0 fully saturated rings. The summed E-state index contributed by atoms with van der Waals surface area (Å²) in [6, 6.07) is 3.40. The van der Waals surface area contributed by atoms with E-state index in [4.69, 9.17) is 4.52 Å². The summed E-state index contributed by atoms with van der Waals surface area (Å²) >= 11 is 3.29. The van der Waals surface area contributed by atoms with Crippen molar-refractivity contribution in [3.8, 4) is 0 Å². The minimum absolute atomic E-state index is 0.183. The number of carbonyl (C=O) groups is 1. The van der Waals surface area contributed by atoms with E-state index in [0.29, 0.717) is 11.4 Å². The zero-order valence-corrected chi connectivity index (χ0v) is 10.9. The Labute approximate surface area is 106 Å². The smallest absolute Gasteiger partial charge is 0.294 e. The van der Waals surface area contributed by atoms with Crippen LogP contribution in [0.2, 0.25) is 0 Å². The zero-order chi connectivity index (χ0) is 12.4. The summed E-state index contributed by atoms with van der Waals surface area (Å²) < 4.78 is 5.62. The van der Waals surface area contributed by atoms with E-state index in [1.807, 2.05) is 13.0 Å². The fraction of sp³-hybridized carbons (Fsp3) is 0.182. The molecule has 6 heteroatoms. The highest BCUT2D eigenvalue weighted by molar-refractivity contribution is 9.10. The van der Waals surface area contributed by atoms with E-state index in [1.165, 1.54) is 0 Å². The largest absolute Gasteiger partial charge is 0.351 e. The fourth-order valence-corrected chi connectivity index (χ4v) is 1.51. The van der Waals surface area contributed by atoms with E-state index < -0.39 is 0 Å². The number of carbonyl (C=O) groups excluding carboxylic acids is 1. The molecule has 5 nitrogen and oxygen atoms in total. The van der Waals surface area contributed by atoms with Crippen LogP contribution in [0.25, 0.3) is 0 Å². The van der Waals surface area contributed by atoms with Crippen LogP contribution in [0.4, 0.5) is 5.69 Å². The standard InChI is InChI=1S/C11H10BrN3O2/c1-6-3-8(5-13-10(6)12)14-11(16)9-4-7(2)15-17-9/h3-5H,1-2H3,(H,14,16). The van der Waals surface area contributed by atoms with Crippen LogP contribution < -0.4 is 5.32 Å². The lowest BCUT2D eigenvalue weighted by Gasteiger charge is -2.04. The molecule has 1 N–H and O–H groups in total. The molecule has 2 heterocycles. The van der Waals surface area contributed by atoms with Crippen molar-refractivity contribution < 1.29 is 9.32 Å². The molecule has 0 aliphatic rings. The van der Waals surface area contributed by atoms with Crippen LogP contribution in [-0.4, -0.2) is 16.0 Å². The van der Waals surface area contributed by atoms with Gasteiger partial charge in [-0.25, -0.2) is 4.98 Å². The molecule has 0 radical (unpaired) electrons. The monoisotopic (exact) mass is 295 g/mol. The van der Waals surface area contributed by atoms with Gasteiger partial charge in [-0.2, -0.15) is 0 Å². The lowest BCUT2D eigenvalue weighted by atomic mass is 10.3. The molecule has 0 aromatic carbocycles. The van der Waals surface area contributed by atoms with Crippen molar-refractivity contribution in [1.82, 2.24) is 10.1 Å². The Bertz CT molecular complexity index is 566. The van der Waals surface area contributed by atoms with Gasteiger partial charge in [-0.3, -0.25) is 4.79 Å². The number of aryl methyl sites for hydroxylation is 2. The SMILES string of the molecule is Cc1cc(C(=O)Nc2cnc(Br)c(C)c2)on1. The molecule has 0 spiro atoms. The third-order valence-corrected chi connectivity index (χ3v) is 2.95. The van der Waals surface area contributed by atoms with Crippen molar-refractivity contribution in [2.45, 2.75) is 13.8 Å². The van der Waals surface area contributed by atoms with Crippen LogP contribution in [0.15, 0.2) is 27.5 Å². The highest BCUT2D eigenvalue weighted by Crippen LogP contribution is 2.17. The van der Waals surface area contributed by atoms with Crippen LogP contribution in [0, 0.1) is 13.8 Å². The maximum atomic E-state index is 11.7. The van der Waals surface area contributed by atoms with Gasteiger partial charge in [0.05, 0.1) is 17.6 Å². The predicted molar refractivity (Wildman–Crippen MR) is 65.9 cm³/mol. The van der Waals surface area contributed by atoms with Crippen molar-refractivity contribution >= 4 is 27.5 Å². The number of hydrogen-bond donors (Lipinski definition) is 1. The van der Waals surface area contributed by atoms with E-state index in [0.717, 1.165) is 10.2 Å². The summed E-state index contributed by atoms with van der Waals surface area (Å²) in [6.45, 7) is 3.65. The number of rotatable bonds is 2. The summed E-state index contributed by atoms with van der Waals surface area (Å²) in [7, 11) is 0. The fourth-order valence-electron chi connectivity index (χ4n) is 1.29. The van der Waals surface area contributed by atoms with E-state index in [2.05, 4.69) is 31.4 Å². The molecule has 0 aliphatic heterocycles. The molecule has 1 amide bonds. The summed E-state index contributed by atoms with van der Waals surface area (Å²) in [5, 5.41) is 6.34. The maximum Gasteiger partial charge on any atom is 0.294 e. The summed E-state index contributed by atoms with van der Waals surface area (Å²) in [5.74, 6) is -0.155. The second-order valence-electron chi connectivity index (χ2n) is 3.62. The lowest BCUT2D eigenvalue weighted by Crippen LogP contribution is -2.11. The first-order valence-corrected chi connectivity index (χ1v) is 5.72. The summed E-state index contributed by atoms with van der Waals surface area (Å²) in [5.41, 5.74) is 2.22. The molecule has 0 bridgehead atoms. The minimum atomic E-state index is -0.339. The van der Waals surface area contributed by atoms with Gasteiger partial charge in [-0.05, 0) is 41.4 Å². The average Bonchev–Trinajstić information content (AvgIpc) is 2.70. The van der Waals surface area contributed by atoms with Crippen LogP contribution in [0.1, 0.15) is 21.8 Å². The van der Waals surface area contributed by atoms with Gasteiger partial charge in [0.15, 0.2) is 0 Å². The quantitative estimate of drug-likeness (QED) is 0.865. The van der Waals surface area contributed by atoms with Gasteiger partial charge in [0, 0.05) is 6.07 Å². The Hall–Kier alpha value is -1.69. The van der Waals surface area contributed by atoms with Crippen molar-refractivity contribution in [3.63, 3.8) is 0 Å². The van der Waals surface area contributed by atoms with Gasteiger partial charge in [-0.15, -0.1) is 0 Å². The Morgan fingerprint density at radius 3 is 2.76 bits per heavy atom. The Balaban J connectivity index is 2.15. The molecular weight excluding hydrogens is 286 g/mol. The number of nitrogens with one attached hydrogen (secondary N) is 1. The minimum Gasteiger partial charge on any atom is -0.351 e. The first-order chi connectivity index (χ1) is 8.06. The molecule has 17 heavy (non-hydrogen) atoms. The van der Waals surface area contributed by atoms with E-state index in [-0.39, 0.29) is 11.7 Å². The second-order valence-corrected chi connectivity index (χ2v) is 4.37. The predicted octanol–water partition coefficient (Wildman–Crippen LogP) is 2.70. The molecule has 0 saturated carbocycles. The van der Waals surface area contributed by atoms with Crippen molar-refractivity contribution in [2.24, 2.45) is 0 Å². The van der Waals surface area contributed by atoms with Crippen molar-refractivity contribution in [2.75, 3.05) is 5.32 Å². The first-order valence-electron chi connectivity index (χ1n) is 4.93. The Morgan fingerprint density at radius 1 is 1.41 bits per heavy atom. The van der Waals surface area contributed by atoms with Crippen LogP contribution in [-0.2, 0) is 0 Å². The summed E-state index contributed by atoms with van der Waals surface area (Å²) in [6.07, 6.45) is 1.57. The van der Waals surface area contributed by atoms with Crippen molar-refractivity contribution in [3.05, 3.63) is 40.0 Å². The molecule has 0 unspecified atom stereocenters.